The van der Waals surface area contributed by atoms with Crippen LogP contribution in [0.25, 0.3) is 10.9 Å². The Kier molecular flexibility index (Phi) is 8.10. The Morgan fingerprint density at radius 2 is 1.81 bits per heavy atom. The lowest BCUT2D eigenvalue weighted by atomic mass is 10.1. The van der Waals surface area contributed by atoms with Crippen molar-refractivity contribution in [2.75, 3.05) is 30.3 Å². The predicted molar refractivity (Wildman–Crippen MR) is 151 cm³/mol. The van der Waals surface area contributed by atoms with Gasteiger partial charge in [-0.3, -0.25) is 9.36 Å². The number of hydrogen-bond donors (Lipinski definition) is 1. The van der Waals surface area contributed by atoms with Crippen LogP contribution in [0.3, 0.4) is 0 Å². The van der Waals surface area contributed by atoms with Crippen molar-refractivity contribution in [3.63, 3.8) is 0 Å². The largest absolute Gasteiger partial charge is 0.416 e. The van der Waals surface area contributed by atoms with Gasteiger partial charge in [0.1, 0.15) is 17.5 Å². The molecule has 5 rings (SSSR count). The zero-order valence-corrected chi connectivity index (χ0v) is 24.2. The fourth-order valence-electron chi connectivity index (χ4n) is 6.03. The van der Waals surface area contributed by atoms with Gasteiger partial charge in [-0.05, 0) is 51.1 Å². The summed E-state index contributed by atoms with van der Waals surface area (Å²) in [6, 6.07) is 4.27. The Bertz CT molecular complexity index is 1600. The van der Waals surface area contributed by atoms with E-state index in [4.69, 9.17) is 4.74 Å². The van der Waals surface area contributed by atoms with Crippen LogP contribution in [0.15, 0.2) is 57.6 Å². The number of rotatable bonds is 5. The first-order valence-corrected chi connectivity index (χ1v) is 15.1. The van der Waals surface area contributed by atoms with E-state index >= 15 is 4.39 Å². The van der Waals surface area contributed by atoms with Gasteiger partial charge in [-0.15, -0.1) is 0 Å². The third-order valence-corrected chi connectivity index (χ3v) is 10.3. The van der Waals surface area contributed by atoms with Crippen LogP contribution in [0.2, 0.25) is 0 Å². The van der Waals surface area contributed by atoms with E-state index in [1.54, 1.807) is 30.6 Å². The highest BCUT2D eigenvalue weighted by Gasteiger charge is 2.38. The Hall–Kier alpha value is -3.45. The topological polar surface area (TPSA) is 67.7 Å². The zero-order valence-electron chi connectivity index (χ0n) is 23.3. The first kappa shape index (κ1) is 30.0. The Morgan fingerprint density at radius 3 is 2.40 bits per heavy atom. The molecule has 1 amide bonds. The molecule has 0 radical (unpaired) electrons. The van der Waals surface area contributed by atoms with E-state index in [0.717, 1.165) is 18.2 Å². The molecule has 7 nitrogen and oxygen atoms in total. The van der Waals surface area contributed by atoms with Crippen LogP contribution >= 0.6 is 10.9 Å². The summed E-state index contributed by atoms with van der Waals surface area (Å²) in [7, 11) is -1.86. The van der Waals surface area contributed by atoms with Crippen LogP contribution in [-0.4, -0.2) is 64.0 Å². The average molecular weight is 611 g/mol. The molecule has 0 saturated carbocycles. The van der Waals surface area contributed by atoms with Crippen molar-refractivity contribution in [3.8, 4) is 0 Å². The number of alkyl halides is 3. The third-order valence-electron chi connectivity index (χ3n) is 7.67. The number of carbonyl (C=O) groups excluding carboxylic acids is 1. The summed E-state index contributed by atoms with van der Waals surface area (Å²) in [5.74, 6) is -1.78. The molecule has 0 aliphatic carbocycles. The van der Waals surface area contributed by atoms with Crippen LogP contribution in [0.5, 0.6) is 0 Å². The molecule has 1 unspecified atom stereocenters. The zero-order chi connectivity index (χ0) is 30.5. The van der Waals surface area contributed by atoms with Crippen molar-refractivity contribution < 1.29 is 31.5 Å². The summed E-state index contributed by atoms with van der Waals surface area (Å²) in [6.07, 6.45) is -4.18. The van der Waals surface area contributed by atoms with Crippen molar-refractivity contribution in [1.29, 1.82) is 0 Å². The second-order valence-electron chi connectivity index (χ2n) is 10.6. The molecule has 226 valence electrons. The second kappa shape index (κ2) is 11.3. The smallest absolute Gasteiger partial charge is 0.376 e. The van der Waals surface area contributed by atoms with Crippen molar-refractivity contribution in [1.82, 2.24) is 14.5 Å². The number of halogens is 5. The predicted octanol–water partition coefficient (Wildman–Crippen LogP) is 5.14. The number of hydrogen-bond acceptors (Lipinski definition) is 5. The number of benzene rings is 2. The van der Waals surface area contributed by atoms with Gasteiger partial charge in [0.2, 0.25) is 5.91 Å². The van der Waals surface area contributed by atoms with E-state index in [1.165, 1.54) is 16.7 Å². The van der Waals surface area contributed by atoms with Gasteiger partial charge < -0.3 is 14.5 Å². The van der Waals surface area contributed by atoms with Crippen molar-refractivity contribution in [2.24, 2.45) is 0 Å². The van der Waals surface area contributed by atoms with Gasteiger partial charge in [0.15, 0.2) is 0 Å². The minimum atomic E-state index is -4.76. The number of aromatic nitrogens is 2. The summed E-state index contributed by atoms with van der Waals surface area (Å²) in [6.45, 7) is 9.60. The molecule has 2 aliphatic heterocycles. The molecule has 1 aromatic heterocycles. The van der Waals surface area contributed by atoms with E-state index < -0.39 is 46.1 Å². The van der Waals surface area contributed by atoms with Crippen LogP contribution in [0, 0.1) is 11.6 Å². The van der Waals surface area contributed by atoms with E-state index in [2.05, 4.69) is 11.6 Å². The molecule has 1 saturated heterocycles. The van der Waals surface area contributed by atoms with Crippen LogP contribution in [0.4, 0.5) is 27.8 Å². The minimum absolute atomic E-state index is 0.00485. The summed E-state index contributed by atoms with van der Waals surface area (Å²) < 4.78 is 79.4. The number of ether oxygens (including phenoxy) is 1. The van der Waals surface area contributed by atoms with Gasteiger partial charge in [-0.25, -0.2) is 13.6 Å². The average Bonchev–Trinajstić information content (AvgIpc) is 3.07. The quantitative estimate of drug-likeness (QED) is 0.246. The lowest BCUT2D eigenvalue weighted by Gasteiger charge is -2.44. The minimum Gasteiger partial charge on any atom is -0.376 e. The van der Waals surface area contributed by atoms with Crippen LogP contribution < -0.4 is 10.6 Å². The standard InChI is InChI=1S/C29H31F5N4O3S/c1-5-25(39)38-16(3)12-36(13-17(38)4)27-21-9-18(29(32,33)34)10-24-26(21)37(28(40)35-27)14-20(41-6-2)15-42(24)23-8-7-19(30)11-22(23)31/h5,7-11,16-17,20,42H,1,6,12-15H2,2-4H3/t16-,17+,20-/m0/s1. The fraction of sp³-hybridized carbons (Fsp3) is 0.414. The van der Waals surface area contributed by atoms with E-state index in [0.29, 0.717) is 6.07 Å². The summed E-state index contributed by atoms with van der Waals surface area (Å²) in [4.78, 5) is 33.9. The molecular weight excluding hydrogens is 579 g/mol. The van der Waals surface area contributed by atoms with E-state index in [1.807, 2.05) is 0 Å². The molecular formula is C29H31F5N4O3S. The third kappa shape index (κ3) is 5.39. The maximum absolute atomic E-state index is 15.2. The van der Waals surface area contributed by atoms with Gasteiger partial charge in [-0.2, -0.15) is 29.1 Å². The number of amides is 1. The number of thiol groups is 1. The Balaban J connectivity index is 1.79. The summed E-state index contributed by atoms with van der Waals surface area (Å²) >= 11 is 0. The SMILES string of the molecule is C=CC(=O)N1[C@H](C)CN(c2nc(=O)n3c4c(cc(C(F)(F)F)cc24)[SH](c2ccc(F)cc2F)C[C@@H](OCC)C3)C[C@@H]1C. The molecule has 0 N–H and O–H groups in total. The molecule has 3 aromatic rings. The fourth-order valence-corrected chi connectivity index (χ4v) is 8.68. The van der Waals surface area contributed by atoms with Crippen molar-refractivity contribution in [2.45, 2.75) is 61.5 Å². The van der Waals surface area contributed by atoms with Crippen LogP contribution in [0.1, 0.15) is 26.3 Å². The van der Waals surface area contributed by atoms with Gasteiger partial charge in [0.25, 0.3) is 0 Å². The number of nitrogens with zero attached hydrogens (tertiary/aromatic N) is 4. The first-order chi connectivity index (χ1) is 19.8. The van der Waals surface area contributed by atoms with E-state index in [9.17, 15) is 27.2 Å². The monoisotopic (exact) mass is 610 g/mol. The Labute approximate surface area is 241 Å². The van der Waals surface area contributed by atoms with Gasteiger partial charge in [0.05, 0.1) is 23.7 Å². The van der Waals surface area contributed by atoms with E-state index in [-0.39, 0.29) is 76.5 Å². The molecule has 13 heteroatoms. The summed E-state index contributed by atoms with van der Waals surface area (Å²) in [5, 5.41) is 0.0921. The lowest BCUT2D eigenvalue weighted by molar-refractivity contribution is -0.137. The highest BCUT2D eigenvalue weighted by Crippen LogP contribution is 2.52. The molecule has 3 heterocycles. The molecule has 2 aliphatic rings. The second-order valence-corrected chi connectivity index (χ2v) is 12.7. The molecule has 0 bridgehead atoms. The van der Waals surface area contributed by atoms with Gasteiger partial charge >= 0.3 is 11.9 Å². The summed E-state index contributed by atoms with van der Waals surface area (Å²) in [5.41, 5.74) is -1.42. The van der Waals surface area contributed by atoms with Gasteiger partial charge in [0, 0.05) is 58.8 Å². The highest BCUT2D eigenvalue weighted by molar-refractivity contribution is 8.17. The highest BCUT2D eigenvalue weighted by atomic mass is 32.2. The van der Waals surface area contributed by atoms with Crippen LogP contribution in [-0.2, 0) is 22.3 Å². The van der Waals surface area contributed by atoms with Crippen molar-refractivity contribution >= 4 is 33.5 Å². The molecule has 2 aromatic carbocycles. The first-order valence-electron chi connectivity index (χ1n) is 13.5. The molecule has 42 heavy (non-hydrogen) atoms. The lowest BCUT2D eigenvalue weighted by Crippen LogP contribution is -2.58. The molecule has 0 spiro atoms. The maximum atomic E-state index is 15.2. The maximum Gasteiger partial charge on any atom is 0.416 e. The molecule has 1 fully saturated rings. The molecule has 4 atom stereocenters. The van der Waals surface area contributed by atoms with Crippen molar-refractivity contribution in [3.05, 3.63) is 70.7 Å². The van der Waals surface area contributed by atoms with Gasteiger partial charge in [-0.1, -0.05) is 6.58 Å². The normalized spacial score (nSPS) is 23.6. The number of anilines is 1. The number of carbonyl (C=O) groups is 1. The Morgan fingerprint density at radius 1 is 1.12 bits per heavy atom. The number of piperazine rings is 1.